The van der Waals surface area contributed by atoms with Crippen LogP contribution in [0.1, 0.15) is 19.4 Å². The third-order valence-corrected chi connectivity index (χ3v) is 2.57. The highest BCUT2D eigenvalue weighted by Crippen LogP contribution is 2.19. The van der Waals surface area contributed by atoms with Gasteiger partial charge in [0.1, 0.15) is 0 Å². The molecule has 2 rings (SSSR count). The summed E-state index contributed by atoms with van der Waals surface area (Å²) in [7, 11) is 0. The van der Waals surface area contributed by atoms with Crippen LogP contribution >= 0.6 is 0 Å². The van der Waals surface area contributed by atoms with Gasteiger partial charge in [0.05, 0.1) is 6.10 Å². The number of benzene rings is 2. The van der Waals surface area contributed by atoms with Crippen LogP contribution in [0, 0.1) is 0 Å². The van der Waals surface area contributed by atoms with E-state index in [1.165, 1.54) is 6.08 Å². The number of hydrogen-bond acceptors (Lipinski definition) is 2. The molecule has 0 atom stereocenters. The largest absolute Gasteiger partial charge is 0.460 e. The molecule has 2 heteroatoms. The minimum Gasteiger partial charge on any atom is -0.460 e. The lowest BCUT2D eigenvalue weighted by molar-refractivity contribution is -0.141. The summed E-state index contributed by atoms with van der Waals surface area (Å²) in [6.45, 7) is 3.67. The summed E-state index contributed by atoms with van der Waals surface area (Å²) in [5.41, 5.74) is 1.02. The van der Waals surface area contributed by atoms with E-state index in [1.807, 2.05) is 44.2 Å². The van der Waals surface area contributed by atoms with Gasteiger partial charge in [-0.15, -0.1) is 0 Å². The molecular formula is C16H16O2. The standard InChI is InChI=1S/C16H16O2/c1-12(2)18-16(17)11-10-14-8-5-7-13-6-3-4-9-15(13)14/h3-12H,1-2H3. The average Bonchev–Trinajstić information content (AvgIpc) is 2.35. The lowest BCUT2D eigenvalue weighted by Gasteiger charge is -2.04. The molecule has 0 saturated heterocycles. The zero-order valence-electron chi connectivity index (χ0n) is 10.6. The van der Waals surface area contributed by atoms with Crippen LogP contribution in [0.3, 0.4) is 0 Å². The molecule has 0 radical (unpaired) electrons. The number of carbonyl (C=O) groups is 1. The highest BCUT2D eigenvalue weighted by molar-refractivity contribution is 5.94. The van der Waals surface area contributed by atoms with Crippen LogP contribution in [0.25, 0.3) is 16.8 Å². The first kappa shape index (κ1) is 12.4. The smallest absolute Gasteiger partial charge is 0.331 e. The summed E-state index contributed by atoms with van der Waals surface area (Å²) in [6, 6.07) is 14.1. The Hall–Kier alpha value is -2.09. The van der Waals surface area contributed by atoms with Gasteiger partial charge in [-0.05, 0) is 36.3 Å². The normalized spacial score (nSPS) is 11.3. The fourth-order valence-electron chi connectivity index (χ4n) is 1.83. The van der Waals surface area contributed by atoms with Crippen molar-refractivity contribution >= 4 is 22.8 Å². The SMILES string of the molecule is CC(C)OC(=O)C=Cc1cccc2ccccc12. The van der Waals surface area contributed by atoms with Gasteiger partial charge in [0.2, 0.25) is 0 Å². The van der Waals surface area contributed by atoms with Gasteiger partial charge in [-0.1, -0.05) is 42.5 Å². The lowest BCUT2D eigenvalue weighted by atomic mass is 10.0. The maximum Gasteiger partial charge on any atom is 0.331 e. The number of rotatable bonds is 3. The van der Waals surface area contributed by atoms with Crippen molar-refractivity contribution in [1.29, 1.82) is 0 Å². The van der Waals surface area contributed by atoms with E-state index in [1.54, 1.807) is 6.08 Å². The highest BCUT2D eigenvalue weighted by atomic mass is 16.5. The molecule has 0 aliphatic rings. The molecule has 18 heavy (non-hydrogen) atoms. The quantitative estimate of drug-likeness (QED) is 0.602. The summed E-state index contributed by atoms with van der Waals surface area (Å²) >= 11 is 0. The van der Waals surface area contributed by atoms with Gasteiger partial charge in [-0.3, -0.25) is 0 Å². The molecule has 0 saturated carbocycles. The van der Waals surface area contributed by atoms with Gasteiger partial charge in [0.25, 0.3) is 0 Å². The Morgan fingerprint density at radius 2 is 1.83 bits per heavy atom. The van der Waals surface area contributed by atoms with Crippen LogP contribution in [-0.2, 0) is 9.53 Å². The van der Waals surface area contributed by atoms with Crippen molar-refractivity contribution < 1.29 is 9.53 Å². The van der Waals surface area contributed by atoms with Gasteiger partial charge in [0.15, 0.2) is 0 Å². The Kier molecular flexibility index (Phi) is 3.78. The second kappa shape index (κ2) is 5.50. The lowest BCUT2D eigenvalue weighted by Crippen LogP contribution is -2.08. The van der Waals surface area contributed by atoms with Gasteiger partial charge in [-0.25, -0.2) is 4.79 Å². The number of carbonyl (C=O) groups excluding carboxylic acids is 1. The molecule has 0 amide bonds. The van der Waals surface area contributed by atoms with E-state index in [-0.39, 0.29) is 12.1 Å². The average molecular weight is 240 g/mol. The first-order chi connectivity index (χ1) is 8.66. The maximum absolute atomic E-state index is 11.5. The van der Waals surface area contributed by atoms with E-state index in [4.69, 9.17) is 4.74 Å². The number of hydrogen-bond donors (Lipinski definition) is 0. The van der Waals surface area contributed by atoms with E-state index in [2.05, 4.69) is 12.1 Å². The van der Waals surface area contributed by atoms with Crippen molar-refractivity contribution in [2.75, 3.05) is 0 Å². The molecule has 0 heterocycles. The Morgan fingerprint density at radius 1 is 1.11 bits per heavy atom. The number of ether oxygens (including phenoxy) is 1. The molecule has 0 aliphatic heterocycles. The second-order valence-corrected chi connectivity index (χ2v) is 4.39. The van der Waals surface area contributed by atoms with E-state index in [0.29, 0.717) is 0 Å². The summed E-state index contributed by atoms with van der Waals surface area (Å²) in [5.74, 6) is -0.307. The van der Waals surface area contributed by atoms with Gasteiger partial charge >= 0.3 is 5.97 Å². The van der Waals surface area contributed by atoms with E-state index in [9.17, 15) is 4.79 Å². The van der Waals surface area contributed by atoms with Crippen molar-refractivity contribution in [1.82, 2.24) is 0 Å². The Morgan fingerprint density at radius 3 is 2.61 bits per heavy atom. The predicted octanol–water partition coefficient (Wildman–Crippen LogP) is 3.80. The molecule has 0 aliphatic carbocycles. The third kappa shape index (κ3) is 2.98. The zero-order chi connectivity index (χ0) is 13.0. The first-order valence-electron chi connectivity index (χ1n) is 6.03. The molecule has 0 aromatic heterocycles. The molecular weight excluding hydrogens is 224 g/mol. The summed E-state index contributed by atoms with van der Waals surface area (Å²) < 4.78 is 5.06. The summed E-state index contributed by atoms with van der Waals surface area (Å²) in [4.78, 5) is 11.5. The van der Waals surface area contributed by atoms with Crippen molar-refractivity contribution in [2.24, 2.45) is 0 Å². The first-order valence-corrected chi connectivity index (χ1v) is 6.03. The zero-order valence-corrected chi connectivity index (χ0v) is 10.6. The minimum absolute atomic E-state index is 0.0883. The molecule has 0 bridgehead atoms. The minimum atomic E-state index is -0.307. The van der Waals surface area contributed by atoms with Crippen LogP contribution in [0.4, 0.5) is 0 Å². The Balaban J connectivity index is 2.27. The van der Waals surface area contributed by atoms with Gasteiger partial charge in [-0.2, -0.15) is 0 Å². The van der Waals surface area contributed by atoms with E-state index >= 15 is 0 Å². The van der Waals surface area contributed by atoms with Crippen molar-refractivity contribution in [3.63, 3.8) is 0 Å². The molecule has 92 valence electrons. The fraction of sp³-hybridized carbons (Fsp3) is 0.188. The summed E-state index contributed by atoms with van der Waals surface area (Å²) in [5, 5.41) is 2.30. The van der Waals surface area contributed by atoms with E-state index < -0.39 is 0 Å². The molecule has 2 aromatic rings. The number of fused-ring (bicyclic) bond motifs is 1. The molecule has 0 N–H and O–H groups in total. The van der Waals surface area contributed by atoms with Crippen LogP contribution in [-0.4, -0.2) is 12.1 Å². The number of esters is 1. The predicted molar refractivity (Wildman–Crippen MR) is 74.2 cm³/mol. The molecule has 0 spiro atoms. The third-order valence-electron chi connectivity index (χ3n) is 2.57. The van der Waals surface area contributed by atoms with Gasteiger partial charge < -0.3 is 4.74 Å². The summed E-state index contributed by atoms with van der Waals surface area (Å²) in [6.07, 6.45) is 3.18. The van der Waals surface area contributed by atoms with Crippen LogP contribution in [0.2, 0.25) is 0 Å². The second-order valence-electron chi connectivity index (χ2n) is 4.39. The van der Waals surface area contributed by atoms with Crippen molar-refractivity contribution in [3.05, 3.63) is 54.1 Å². The Labute approximate surface area is 107 Å². The monoisotopic (exact) mass is 240 g/mol. The van der Waals surface area contributed by atoms with Crippen LogP contribution < -0.4 is 0 Å². The van der Waals surface area contributed by atoms with Crippen molar-refractivity contribution in [2.45, 2.75) is 20.0 Å². The maximum atomic E-state index is 11.5. The Bertz CT molecular complexity index is 577. The van der Waals surface area contributed by atoms with Crippen LogP contribution in [0.5, 0.6) is 0 Å². The molecule has 0 unspecified atom stereocenters. The molecule has 2 nitrogen and oxygen atoms in total. The molecule has 2 aromatic carbocycles. The highest BCUT2D eigenvalue weighted by Gasteiger charge is 2.01. The van der Waals surface area contributed by atoms with Crippen LogP contribution in [0.15, 0.2) is 48.5 Å². The topological polar surface area (TPSA) is 26.3 Å². The van der Waals surface area contributed by atoms with Crippen molar-refractivity contribution in [3.8, 4) is 0 Å². The van der Waals surface area contributed by atoms with E-state index in [0.717, 1.165) is 16.3 Å². The van der Waals surface area contributed by atoms with Gasteiger partial charge in [0, 0.05) is 6.08 Å². The fourth-order valence-corrected chi connectivity index (χ4v) is 1.83. The molecule has 0 fully saturated rings.